The van der Waals surface area contributed by atoms with Gasteiger partial charge >= 0.3 is 0 Å². The minimum atomic E-state index is -1.32. The van der Waals surface area contributed by atoms with Gasteiger partial charge in [-0.25, -0.2) is 0 Å². The van der Waals surface area contributed by atoms with Gasteiger partial charge in [0.2, 0.25) is 0 Å². The van der Waals surface area contributed by atoms with Gasteiger partial charge in [0, 0.05) is 5.92 Å². The Labute approximate surface area is 74.5 Å². The minimum absolute atomic E-state index is 0.155. The summed E-state index contributed by atoms with van der Waals surface area (Å²) in [5.74, 6) is 2.76. The Morgan fingerprint density at radius 2 is 2.64 bits per heavy atom. The number of terminal acetylenes is 1. The lowest BCUT2D eigenvalue weighted by atomic mass is 9.87. The summed E-state index contributed by atoms with van der Waals surface area (Å²) >= 11 is 5.75. The summed E-state index contributed by atoms with van der Waals surface area (Å²) < 4.78 is 12.9. The van der Waals surface area contributed by atoms with E-state index in [0.717, 1.165) is 0 Å². The fourth-order valence-corrected chi connectivity index (χ4v) is 1.81. The zero-order valence-electron chi connectivity index (χ0n) is 7.86. The lowest BCUT2D eigenvalue weighted by Gasteiger charge is -2.24. The SMILES string of the molecule is [2H]C1(Cl)C[C@H](C)[C@@](C#C)(CC)O1. The molecule has 11 heavy (non-hydrogen) atoms. The molecule has 0 radical (unpaired) electrons. The fourth-order valence-electron chi connectivity index (χ4n) is 1.44. The molecule has 0 bridgehead atoms. The van der Waals surface area contributed by atoms with E-state index in [0.29, 0.717) is 12.8 Å². The first-order valence-corrected chi connectivity index (χ1v) is 4.20. The third-order valence-corrected chi connectivity index (χ3v) is 2.56. The molecule has 2 heteroatoms. The maximum absolute atomic E-state index is 7.53. The van der Waals surface area contributed by atoms with Crippen LogP contribution in [0.5, 0.6) is 0 Å². The molecule has 3 atom stereocenters. The molecule has 0 spiro atoms. The van der Waals surface area contributed by atoms with Gasteiger partial charge < -0.3 is 4.74 Å². The smallest absolute Gasteiger partial charge is 0.133 e. The predicted molar refractivity (Wildman–Crippen MR) is 46.4 cm³/mol. The molecule has 1 rings (SSSR count). The highest BCUT2D eigenvalue weighted by Gasteiger charge is 2.42. The first kappa shape index (κ1) is 7.46. The maximum atomic E-state index is 7.53. The average molecular weight is 174 g/mol. The van der Waals surface area contributed by atoms with Crippen LogP contribution in [0.15, 0.2) is 0 Å². The lowest BCUT2D eigenvalue weighted by molar-refractivity contribution is 0.0147. The molecule has 0 aromatic rings. The van der Waals surface area contributed by atoms with Crippen molar-refractivity contribution in [3.8, 4) is 12.3 Å². The second-order valence-electron chi connectivity index (χ2n) is 2.95. The van der Waals surface area contributed by atoms with Crippen LogP contribution in [0, 0.1) is 18.3 Å². The fraction of sp³-hybridized carbons (Fsp3) is 0.778. The van der Waals surface area contributed by atoms with Crippen molar-refractivity contribution in [2.24, 2.45) is 5.92 Å². The zero-order valence-corrected chi connectivity index (χ0v) is 7.61. The molecule has 0 saturated carbocycles. The van der Waals surface area contributed by atoms with E-state index >= 15 is 0 Å². The van der Waals surface area contributed by atoms with Crippen molar-refractivity contribution in [3.63, 3.8) is 0 Å². The van der Waals surface area contributed by atoms with Crippen molar-refractivity contribution in [2.45, 2.75) is 37.8 Å². The molecular formula is C9H13ClO. The molecule has 1 fully saturated rings. The summed E-state index contributed by atoms with van der Waals surface area (Å²) in [6.07, 6.45) is 6.57. The molecular weight excluding hydrogens is 160 g/mol. The molecule has 1 saturated heterocycles. The highest BCUT2D eigenvalue weighted by Crippen LogP contribution is 2.39. The van der Waals surface area contributed by atoms with Crippen LogP contribution >= 0.6 is 11.6 Å². The molecule has 1 heterocycles. The quantitative estimate of drug-likeness (QED) is 0.437. The third-order valence-electron chi connectivity index (χ3n) is 2.33. The monoisotopic (exact) mass is 173 g/mol. The van der Waals surface area contributed by atoms with Crippen LogP contribution in [0.3, 0.4) is 0 Å². The van der Waals surface area contributed by atoms with E-state index in [-0.39, 0.29) is 5.92 Å². The lowest BCUT2D eigenvalue weighted by Crippen LogP contribution is -2.31. The standard InChI is InChI=1S/C9H13ClO/c1-4-9(5-2)7(3)6-8(10)11-9/h1,7-8H,5-6H2,2-3H3/t7-,8?,9+/m0/s1/i8D. The van der Waals surface area contributed by atoms with Crippen LogP contribution in [-0.2, 0) is 4.74 Å². The summed E-state index contributed by atoms with van der Waals surface area (Å²) in [4.78, 5) is 0. The molecule has 1 nitrogen and oxygen atoms in total. The second kappa shape index (κ2) is 3.05. The van der Waals surface area contributed by atoms with Crippen molar-refractivity contribution in [3.05, 3.63) is 0 Å². The Bertz CT molecular complexity index is 221. The first-order chi connectivity index (χ1) is 5.46. The van der Waals surface area contributed by atoms with Crippen LogP contribution in [0.2, 0.25) is 0 Å². The summed E-state index contributed by atoms with van der Waals surface area (Å²) in [6, 6.07) is 0. The number of hydrogen-bond acceptors (Lipinski definition) is 1. The van der Waals surface area contributed by atoms with E-state index in [1.54, 1.807) is 0 Å². The normalized spacial score (nSPS) is 51.8. The number of hydrogen-bond donors (Lipinski definition) is 0. The van der Waals surface area contributed by atoms with Crippen LogP contribution in [0.25, 0.3) is 0 Å². The number of ether oxygens (including phenoxy) is 1. The first-order valence-electron chi connectivity index (χ1n) is 4.32. The van der Waals surface area contributed by atoms with Gasteiger partial charge in [-0.3, -0.25) is 0 Å². The van der Waals surface area contributed by atoms with E-state index in [4.69, 9.17) is 24.1 Å². The molecule has 0 amide bonds. The van der Waals surface area contributed by atoms with E-state index < -0.39 is 11.1 Å². The number of rotatable bonds is 1. The highest BCUT2D eigenvalue weighted by atomic mass is 35.5. The van der Waals surface area contributed by atoms with Crippen molar-refractivity contribution >= 4 is 11.6 Å². The summed E-state index contributed by atoms with van der Waals surface area (Å²) in [5, 5.41) is 0. The summed E-state index contributed by atoms with van der Waals surface area (Å²) in [6.45, 7) is 3.93. The Balaban J connectivity index is 2.88. The van der Waals surface area contributed by atoms with Crippen molar-refractivity contribution in [2.75, 3.05) is 0 Å². The summed E-state index contributed by atoms with van der Waals surface area (Å²) in [7, 11) is 0. The molecule has 62 valence electrons. The largest absolute Gasteiger partial charge is 0.343 e. The minimum Gasteiger partial charge on any atom is -0.343 e. The van der Waals surface area contributed by atoms with Gasteiger partial charge in [-0.1, -0.05) is 31.4 Å². The summed E-state index contributed by atoms with van der Waals surface area (Å²) in [5.41, 5.74) is -1.94. The Morgan fingerprint density at radius 3 is 2.82 bits per heavy atom. The van der Waals surface area contributed by atoms with E-state index in [1.165, 1.54) is 0 Å². The highest BCUT2D eigenvalue weighted by molar-refractivity contribution is 6.19. The molecule has 0 N–H and O–H groups in total. The van der Waals surface area contributed by atoms with Crippen LogP contribution in [-0.4, -0.2) is 11.1 Å². The van der Waals surface area contributed by atoms with Crippen molar-refractivity contribution in [1.29, 1.82) is 0 Å². The zero-order chi connectivity index (χ0) is 9.41. The molecule has 1 aliphatic heterocycles. The van der Waals surface area contributed by atoms with Gasteiger partial charge in [0.05, 0.1) is 1.37 Å². The van der Waals surface area contributed by atoms with Gasteiger partial charge in [0.15, 0.2) is 0 Å². The maximum Gasteiger partial charge on any atom is 0.133 e. The Morgan fingerprint density at radius 1 is 2.00 bits per heavy atom. The number of halogens is 1. The topological polar surface area (TPSA) is 9.23 Å². The molecule has 0 aromatic heterocycles. The third kappa shape index (κ3) is 1.38. The molecule has 1 aliphatic rings. The van der Waals surface area contributed by atoms with E-state index in [1.807, 2.05) is 13.8 Å². The van der Waals surface area contributed by atoms with E-state index in [9.17, 15) is 0 Å². The second-order valence-corrected chi connectivity index (χ2v) is 3.37. The van der Waals surface area contributed by atoms with Gasteiger partial charge in [-0.15, -0.1) is 6.42 Å². The van der Waals surface area contributed by atoms with Gasteiger partial charge in [-0.05, 0) is 12.8 Å². The van der Waals surface area contributed by atoms with Crippen LogP contribution in [0.4, 0.5) is 0 Å². The van der Waals surface area contributed by atoms with E-state index in [2.05, 4.69) is 5.92 Å². The van der Waals surface area contributed by atoms with Crippen molar-refractivity contribution in [1.82, 2.24) is 0 Å². The number of alkyl halides is 1. The van der Waals surface area contributed by atoms with Gasteiger partial charge in [-0.2, -0.15) is 0 Å². The van der Waals surface area contributed by atoms with Crippen molar-refractivity contribution < 1.29 is 6.11 Å². The Kier molecular flexibility index (Phi) is 2.07. The predicted octanol–water partition coefficient (Wildman–Crippen LogP) is 2.39. The van der Waals surface area contributed by atoms with Gasteiger partial charge in [0.25, 0.3) is 0 Å². The Hall–Kier alpha value is -0.190. The van der Waals surface area contributed by atoms with Gasteiger partial charge in [0.1, 0.15) is 11.1 Å². The molecule has 1 unspecified atom stereocenters. The van der Waals surface area contributed by atoms with Crippen LogP contribution in [0.1, 0.15) is 28.1 Å². The molecule has 0 aromatic carbocycles. The molecule has 0 aliphatic carbocycles. The van der Waals surface area contributed by atoms with Crippen LogP contribution < -0.4 is 0 Å². The average Bonchev–Trinajstić information content (AvgIpc) is 2.21.